The molecule has 0 radical (unpaired) electrons. The van der Waals surface area contributed by atoms with Crippen LogP contribution in [0.5, 0.6) is 5.75 Å². The van der Waals surface area contributed by atoms with Crippen molar-refractivity contribution in [1.82, 2.24) is 5.43 Å². The third kappa shape index (κ3) is 5.68. The Labute approximate surface area is 129 Å². The fraction of sp³-hybridized carbons (Fsp3) is 0.667. The Bertz CT molecular complexity index is 432. The van der Waals surface area contributed by atoms with Crippen molar-refractivity contribution in [3.05, 3.63) is 29.8 Å². The molecule has 0 bridgehead atoms. The number of hydrazine groups is 1. The van der Waals surface area contributed by atoms with Crippen molar-refractivity contribution in [1.29, 1.82) is 0 Å². The summed E-state index contributed by atoms with van der Waals surface area (Å²) in [5.74, 6) is 7.37. The molecule has 0 heterocycles. The van der Waals surface area contributed by atoms with Gasteiger partial charge in [-0.1, -0.05) is 39.8 Å². The van der Waals surface area contributed by atoms with Crippen molar-refractivity contribution in [3.8, 4) is 5.75 Å². The first-order valence-corrected chi connectivity index (χ1v) is 8.10. The van der Waals surface area contributed by atoms with Gasteiger partial charge in [0.2, 0.25) is 0 Å². The van der Waals surface area contributed by atoms with E-state index in [1.807, 2.05) is 0 Å². The van der Waals surface area contributed by atoms with E-state index in [1.165, 1.54) is 24.8 Å². The monoisotopic (exact) mass is 290 g/mol. The first kappa shape index (κ1) is 16.3. The molecule has 2 unspecified atom stereocenters. The molecule has 3 heteroatoms. The molecule has 0 aromatic heterocycles. The first-order valence-electron chi connectivity index (χ1n) is 8.10. The highest BCUT2D eigenvalue weighted by Crippen LogP contribution is 2.31. The van der Waals surface area contributed by atoms with Crippen molar-refractivity contribution >= 4 is 0 Å². The van der Waals surface area contributed by atoms with Gasteiger partial charge in [-0.2, -0.15) is 0 Å². The lowest BCUT2D eigenvalue weighted by Gasteiger charge is -2.26. The fourth-order valence-corrected chi connectivity index (χ4v) is 2.99. The Hall–Kier alpha value is -1.06. The van der Waals surface area contributed by atoms with E-state index in [1.54, 1.807) is 0 Å². The van der Waals surface area contributed by atoms with Crippen LogP contribution in [-0.2, 0) is 0 Å². The van der Waals surface area contributed by atoms with Gasteiger partial charge in [-0.05, 0) is 54.7 Å². The molecule has 1 saturated carbocycles. The van der Waals surface area contributed by atoms with Gasteiger partial charge in [0.15, 0.2) is 0 Å². The minimum atomic E-state index is 0.206. The molecule has 0 spiro atoms. The van der Waals surface area contributed by atoms with Crippen molar-refractivity contribution in [2.24, 2.45) is 17.2 Å². The van der Waals surface area contributed by atoms with Gasteiger partial charge in [0, 0.05) is 6.04 Å². The summed E-state index contributed by atoms with van der Waals surface area (Å²) < 4.78 is 5.79. The van der Waals surface area contributed by atoms with Crippen molar-refractivity contribution in [2.75, 3.05) is 0 Å². The van der Waals surface area contributed by atoms with Gasteiger partial charge >= 0.3 is 0 Å². The lowest BCUT2D eigenvalue weighted by atomic mass is 9.82. The number of rotatable bonds is 7. The van der Waals surface area contributed by atoms with E-state index in [0.717, 1.165) is 12.2 Å². The molecule has 1 aliphatic rings. The highest BCUT2D eigenvalue weighted by Gasteiger charge is 2.24. The summed E-state index contributed by atoms with van der Waals surface area (Å²) in [4.78, 5) is 0. The fourth-order valence-electron chi connectivity index (χ4n) is 2.99. The molecule has 3 nitrogen and oxygen atoms in total. The maximum absolute atomic E-state index is 5.79. The van der Waals surface area contributed by atoms with Crippen molar-refractivity contribution in [2.45, 2.75) is 65.5 Å². The van der Waals surface area contributed by atoms with E-state index in [0.29, 0.717) is 17.4 Å². The van der Waals surface area contributed by atoms with E-state index in [2.05, 4.69) is 57.4 Å². The Morgan fingerprint density at radius 2 is 1.86 bits per heavy atom. The molecule has 1 fully saturated rings. The molecular formula is C18H30N2O. The number of ether oxygens (including phenoxy) is 1. The minimum Gasteiger partial charge on any atom is -0.490 e. The summed E-state index contributed by atoms with van der Waals surface area (Å²) in [5, 5.41) is 0. The van der Waals surface area contributed by atoms with Gasteiger partial charge in [0.05, 0.1) is 6.10 Å². The second-order valence-corrected chi connectivity index (χ2v) is 7.71. The highest BCUT2D eigenvalue weighted by atomic mass is 16.5. The summed E-state index contributed by atoms with van der Waals surface area (Å²) >= 11 is 0. The summed E-state index contributed by atoms with van der Waals surface area (Å²) in [6.07, 6.45) is 5.09. The molecular weight excluding hydrogens is 260 g/mol. The zero-order valence-electron chi connectivity index (χ0n) is 13.9. The van der Waals surface area contributed by atoms with Gasteiger partial charge < -0.3 is 4.74 Å². The molecule has 118 valence electrons. The lowest BCUT2D eigenvalue weighted by Crippen LogP contribution is -2.30. The standard InChI is InChI=1S/C18H30N2O/c1-13(12-18(2,3)4)11-17(20-19)14-5-7-15(8-6-14)21-16-9-10-16/h5-8,13,16-17,20H,9-12,19H2,1-4H3. The highest BCUT2D eigenvalue weighted by molar-refractivity contribution is 5.29. The second kappa shape index (κ2) is 6.80. The summed E-state index contributed by atoms with van der Waals surface area (Å²) in [5.41, 5.74) is 4.57. The van der Waals surface area contributed by atoms with Crippen LogP contribution in [0, 0.1) is 11.3 Å². The molecule has 1 aromatic carbocycles. The second-order valence-electron chi connectivity index (χ2n) is 7.71. The van der Waals surface area contributed by atoms with Crippen molar-refractivity contribution < 1.29 is 4.74 Å². The Kier molecular flexibility index (Phi) is 5.28. The third-order valence-corrected chi connectivity index (χ3v) is 3.91. The Balaban J connectivity index is 1.92. The number of nitrogens with one attached hydrogen (secondary N) is 1. The topological polar surface area (TPSA) is 47.3 Å². The zero-order chi connectivity index (χ0) is 15.5. The molecule has 2 rings (SSSR count). The predicted molar refractivity (Wildman–Crippen MR) is 88.0 cm³/mol. The van der Waals surface area contributed by atoms with Gasteiger partial charge in [-0.25, -0.2) is 0 Å². The van der Waals surface area contributed by atoms with Gasteiger partial charge in [0.25, 0.3) is 0 Å². The first-order chi connectivity index (χ1) is 9.87. The molecule has 0 saturated heterocycles. The van der Waals surface area contributed by atoms with E-state index in [9.17, 15) is 0 Å². The van der Waals surface area contributed by atoms with Crippen LogP contribution in [0.15, 0.2) is 24.3 Å². The average Bonchev–Trinajstić information content (AvgIpc) is 3.19. The lowest BCUT2D eigenvalue weighted by molar-refractivity contribution is 0.276. The van der Waals surface area contributed by atoms with Crippen LogP contribution in [0.1, 0.15) is 65.0 Å². The molecule has 0 amide bonds. The van der Waals surface area contributed by atoms with Gasteiger partial charge in [-0.3, -0.25) is 11.3 Å². The van der Waals surface area contributed by atoms with Gasteiger partial charge in [-0.15, -0.1) is 0 Å². The van der Waals surface area contributed by atoms with Gasteiger partial charge in [0.1, 0.15) is 5.75 Å². The average molecular weight is 290 g/mol. The predicted octanol–water partition coefficient (Wildman–Crippen LogP) is 4.19. The number of benzene rings is 1. The normalized spacial score (nSPS) is 18.3. The minimum absolute atomic E-state index is 0.206. The summed E-state index contributed by atoms with van der Waals surface area (Å²) in [6.45, 7) is 9.18. The van der Waals surface area contributed by atoms with Crippen LogP contribution in [0.4, 0.5) is 0 Å². The molecule has 2 atom stereocenters. The van der Waals surface area contributed by atoms with E-state index in [4.69, 9.17) is 10.6 Å². The molecule has 3 N–H and O–H groups in total. The quantitative estimate of drug-likeness (QED) is 0.584. The van der Waals surface area contributed by atoms with E-state index >= 15 is 0 Å². The summed E-state index contributed by atoms with van der Waals surface area (Å²) in [6, 6.07) is 8.59. The Morgan fingerprint density at radius 1 is 1.24 bits per heavy atom. The number of hydrogen-bond acceptors (Lipinski definition) is 3. The SMILES string of the molecule is CC(CC(NN)c1ccc(OC2CC2)cc1)CC(C)(C)C. The Morgan fingerprint density at radius 3 is 2.33 bits per heavy atom. The zero-order valence-corrected chi connectivity index (χ0v) is 13.9. The largest absolute Gasteiger partial charge is 0.490 e. The number of hydrogen-bond donors (Lipinski definition) is 2. The summed E-state index contributed by atoms with van der Waals surface area (Å²) in [7, 11) is 0. The maximum Gasteiger partial charge on any atom is 0.119 e. The maximum atomic E-state index is 5.79. The van der Waals surface area contributed by atoms with Crippen molar-refractivity contribution in [3.63, 3.8) is 0 Å². The van der Waals surface area contributed by atoms with Crippen LogP contribution in [0.25, 0.3) is 0 Å². The van der Waals surface area contributed by atoms with E-state index < -0.39 is 0 Å². The van der Waals surface area contributed by atoms with Crippen LogP contribution in [0.2, 0.25) is 0 Å². The molecule has 0 aliphatic heterocycles. The van der Waals surface area contributed by atoms with Crippen LogP contribution in [0.3, 0.4) is 0 Å². The van der Waals surface area contributed by atoms with Crippen LogP contribution in [-0.4, -0.2) is 6.10 Å². The molecule has 1 aromatic rings. The third-order valence-electron chi connectivity index (χ3n) is 3.91. The molecule has 21 heavy (non-hydrogen) atoms. The number of nitrogens with two attached hydrogens (primary N) is 1. The van der Waals surface area contributed by atoms with Crippen LogP contribution >= 0.6 is 0 Å². The van der Waals surface area contributed by atoms with Crippen LogP contribution < -0.4 is 16.0 Å². The smallest absolute Gasteiger partial charge is 0.119 e. The molecule has 1 aliphatic carbocycles. The van der Waals surface area contributed by atoms with E-state index in [-0.39, 0.29) is 6.04 Å².